The molecule has 0 aliphatic rings. The maximum atomic E-state index is 4.37. The second-order valence-corrected chi connectivity index (χ2v) is 17.7. The van der Waals surface area contributed by atoms with Crippen LogP contribution in [0.5, 0.6) is 0 Å². The Morgan fingerprint density at radius 2 is 1.08 bits per heavy atom. The molecule has 0 amide bonds. The minimum absolute atomic E-state index is 0.817. The summed E-state index contributed by atoms with van der Waals surface area (Å²) < 4.78 is 0. The zero-order valence-corrected chi connectivity index (χ0v) is 12.4. The summed E-state index contributed by atoms with van der Waals surface area (Å²) in [6.07, 6.45) is 0. The van der Waals surface area contributed by atoms with Crippen molar-refractivity contribution in [3.8, 4) is 0 Å². The lowest BCUT2D eigenvalue weighted by molar-refractivity contribution is 1.12. The van der Waals surface area contributed by atoms with E-state index in [1.807, 2.05) is 0 Å². The number of nitrogens with zero attached hydrogens (tertiary/aromatic N) is 2. The SMILES string of the molecule is C[Si](C)(C)c1nnc([Si](C)(C)C)[pH]1. The first-order valence-electron chi connectivity index (χ1n) is 4.65. The summed E-state index contributed by atoms with van der Waals surface area (Å²) in [6.45, 7) is 14.1. The predicted octanol–water partition coefficient (Wildman–Crippen LogP) is 1.60. The summed E-state index contributed by atoms with van der Waals surface area (Å²) in [5.74, 6) is 0. The molecule has 0 saturated heterocycles. The maximum absolute atomic E-state index is 4.37. The van der Waals surface area contributed by atoms with Gasteiger partial charge in [0.05, 0.1) is 10.1 Å². The van der Waals surface area contributed by atoms with Gasteiger partial charge in [0.2, 0.25) is 0 Å². The molecule has 1 aromatic heterocycles. The molecule has 5 heteroatoms. The van der Waals surface area contributed by atoms with Crippen LogP contribution in [0.2, 0.25) is 39.3 Å². The molecule has 0 N–H and O–H groups in total. The van der Waals surface area contributed by atoms with Gasteiger partial charge in [-0.3, -0.25) is 0 Å². The van der Waals surface area contributed by atoms with E-state index in [-0.39, 0.29) is 0 Å². The van der Waals surface area contributed by atoms with Gasteiger partial charge < -0.3 is 0 Å². The highest BCUT2D eigenvalue weighted by atomic mass is 31.0. The Kier molecular flexibility index (Phi) is 2.86. The van der Waals surface area contributed by atoms with Crippen LogP contribution in [0, 0.1) is 0 Å². The Morgan fingerprint density at radius 1 is 0.769 bits per heavy atom. The highest BCUT2D eigenvalue weighted by Gasteiger charge is 2.25. The van der Waals surface area contributed by atoms with Crippen LogP contribution in [-0.2, 0) is 0 Å². The summed E-state index contributed by atoms with van der Waals surface area (Å²) in [5, 5.41) is 11.6. The van der Waals surface area contributed by atoms with Crippen molar-refractivity contribution in [3.63, 3.8) is 0 Å². The Labute approximate surface area is 84.3 Å². The van der Waals surface area contributed by atoms with Crippen molar-refractivity contribution in [2.75, 3.05) is 0 Å². The smallest absolute Gasteiger partial charge is 0.109 e. The zero-order chi connectivity index (χ0) is 10.3. The summed E-state index contributed by atoms with van der Waals surface area (Å²) in [5.41, 5.74) is 0. The van der Waals surface area contributed by atoms with Gasteiger partial charge in [0.1, 0.15) is 16.1 Å². The third-order valence-electron chi connectivity index (χ3n) is 1.91. The first-order valence-corrected chi connectivity index (χ1v) is 12.6. The molecule has 0 aliphatic heterocycles. The van der Waals surface area contributed by atoms with Crippen LogP contribution in [0.1, 0.15) is 0 Å². The van der Waals surface area contributed by atoms with Crippen molar-refractivity contribution in [2.24, 2.45) is 0 Å². The summed E-state index contributed by atoms with van der Waals surface area (Å²) in [6, 6.07) is 0. The molecule has 0 saturated carbocycles. The molecule has 1 aromatic rings. The first-order chi connectivity index (χ1) is 5.71. The lowest BCUT2D eigenvalue weighted by atomic mass is 11.5. The van der Waals surface area contributed by atoms with Gasteiger partial charge in [0.15, 0.2) is 0 Å². The van der Waals surface area contributed by atoms with Crippen molar-refractivity contribution in [1.29, 1.82) is 0 Å². The quantitative estimate of drug-likeness (QED) is 0.721. The Bertz CT molecular complexity index is 267. The molecule has 0 bridgehead atoms. The fourth-order valence-corrected chi connectivity index (χ4v) is 6.15. The van der Waals surface area contributed by atoms with Crippen molar-refractivity contribution in [2.45, 2.75) is 39.3 Å². The van der Waals surface area contributed by atoms with Crippen molar-refractivity contribution < 1.29 is 0 Å². The van der Waals surface area contributed by atoms with Gasteiger partial charge >= 0.3 is 0 Å². The van der Waals surface area contributed by atoms with E-state index in [2.05, 4.69) is 49.5 Å². The third-order valence-corrected chi connectivity index (χ3v) is 10.9. The predicted molar refractivity (Wildman–Crippen MR) is 67.5 cm³/mol. The fraction of sp³-hybridized carbons (Fsp3) is 0.750. The standard InChI is InChI=1S/C8H19N2PSi2/c1-12(2,3)7-9-10-8(11-7)13(4,5)6/h11H,1-6H3. The van der Waals surface area contributed by atoms with Crippen molar-refractivity contribution >= 4 is 34.4 Å². The van der Waals surface area contributed by atoms with Gasteiger partial charge in [-0.15, -0.1) is 8.19 Å². The lowest BCUT2D eigenvalue weighted by Gasteiger charge is -2.12. The topological polar surface area (TPSA) is 25.8 Å². The van der Waals surface area contributed by atoms with Crippen LogP contribution in [-0.4, -0.2) is 26.3 Å². The van der Waals surface area contributed by atoms with E-state index in [1.165, 1.54) is 10.1 Å². The van der Waals surface area contributed by atoms with Crippen LogP contribution >= 0.6 is 8.19 Å². The molecule has 0 atom stereocenters. The van der Waals surface area contributed by atoms with Gasteiger partial charge in [-0.1, -0.05) is 39.3 Å². The molecule has 0 spiro atoms. The van der Waals surface area contributed by atoms with E-state index in [1.54, 1.807) is 0 Å². The van der Waals surface area contributed by atoms with E-state index < -0.39 is 16.1 Å². The van der Waals surface area contributed by atoms with Gasteiger partial charge in [0, 0.05) is 0 Å². The molecular formula is C8H19N2PSi2. The minimum atomic E-state index is -1.17. The van der Waals surface area contributed by atoms with Crippen LogP contribution in [0.4, 0.5) is 0 Å². The minimum Gasteiger partial charge on any atom is -0.156 e. The Balaban J connectivity index is 3.01. The number of hydrogen-bond acceptors (Lipinski definition) is 2. The molecule has 0 radical (unpaired) electrons. The lowest BCUT2D eigenvalue weighted by Crippen LogP contribution is -2.38. The third kappa shape index (κ3) is 2.76. The van der Waals surface area contributed by atoms with Gasteiger partial charge in [-0.05, 0) is 0 Å². The largest absolute Gasteiger partial charge is 0.156 e. The van der Waals surface area contributed by atoms with E-state index in [4.69, 9.17) is 0 Å². The number of hydrogen-bond donors (Lipinski definition) is 0. The summed E-state index contributed by atoms with van der Waals surface area (Å²) in [7, 11) is -1.53. The molecule has 0 unspecified atom stereocenters. The number of rotatable bonds is 2. The monoisotopic (exact) mass is 230 g/mol. The zero-order valence-electron chi connectivity index (χ0n) is 9.39. The van der Waals surface area contributed by atoms with Gasteiger partial charge in [0.25, 0.3) is 0 Å². The van der Waals surface area contributed by atoms with Crippen molar-refractivity contribution in [3.05, 3.63) is 0 Å². The van der Waals surface area contributed by atoms with Crippen LogP contribution in [0.25, 0.3) is 0 Å². The summed E-state index contributed by atoms with van der Waals surface area (Å²) >= 11 is 0. The second kappa shape index (κ2) is 3.33. The normalized spacial score (nSPS) is 13.4. The van der Waals surface area contributed by atoms with E-state index in [0.29, 0.717) is 0 Å². The van der Waals surface area contributed by atoms with Crippen LogP contribution < -0.4 is 10.1 Å². The molecule has 2 nitrogen and oxygen atoms in total. The second-order valence-electron chi connectivity index (χ2n) is 5.52. The van der Waals surface area contributed by atoms with Crippen molar-refractivity contribution in [1.82, 2.24) is 10.2 Å². The fourth-order valence-electron chi connectivity index (χ4n) is 0.937. The molecule has 1 rings (SSSR count). The van der Waals surface area contributed by atoms with Crippen LogP contribution in [0.15, 0.2) is 0 Å². The van der Waals surface area contributed by atoms with Gasteiger partial charge in [-0.2, -0.15) is 10.2 Å². The number of aromatic nitrogens is 2. The first kappa shape index (κ1) is 11.2. The average Bonchev–Trinajstić information content (AvgIpc) is 2.28. The molecule has 0 aliphatic carbocycles. The highest BCUT2D eigenvalue weighted by Crippen LogP contribution is 2.10. The molecule has 0 aromatic carbocycles. The molecule has 1 heterocycles. The Hall–Kier alpha value is 0.0738. The average molecular weight is 230 g/mol. The maximum Gasteiger partial charge on any atom is 0.109 e. The Morgan fingerprint density at radius 3 is 1.23 bits per heavy atom. The molecule has 74 valence electrons. The summed E-state index contributed by atoms with van der Waals surface area (Å²) in [4.78, 5) is 0. The van der Waals surface area contributed by atoms with E-state index in [0.717, 1.165) is 8.19 Å². The molecule has 0 fully saturated rings. The van der Waals surface area contributed by atoms with E-state index >= 15 is 0 Å². The van der Waals surface area contributed by atoms with Crippen LogP contribution in [0.3, 0.4) is 0 Å². The highest BCUT2D eigenvalue weighted by molar-refractivity contribution is 7.48. The molecular weight excluding hydrogens is 211 g/mol. The van der Waals surface area contributed by atoms with E-state index in [9.17, 15) is 0 Å². The van der Waals surface area contributed by atoms with Gasteiger partial charge in [-0.25, -0.2) is 0 Å². The molecule has 13 heavy (non-hydrogen) atoms.